The number of likely N-dealkylation sites (N-methyl/N-ethyl adjacent to an activating group) is 1. The van der Waals surface area contributed by atoms with Crippen LogP contribution in [0.2, 0.25) is 0 Å². The third kappa shape index (κ3) is 3.96. The minimum atomic E-state index is -0.296. The second-order valence-corrected chi connectivity index (χ2v) is 5.13. The van der Waals surface area contributed by atoms with E-state index < -0.39 is 0 Å². The van der Waals surface area contributed by atoms with Crippen molar-refractivity contribution in [1.29, 1.82) is 0 Å². The maximum atomic E-state index is 12.1. The van der Waals surface area contributed by atoms with Crippen LogP contribution in [0.15, 0.2) is 0 Å². The SMILES string of the molecule is CSCCC(C)N(C)C(=O)C1CNCCO1. The number of ether oxygens (including phenoxy) is 1. The van der Waals surface area contributed by atoms with Crippen molar-refractivity contribution in [3.05, 3.63) is 0 Å². The van der Waals surface area contributed by atoms with E-state index in [0.717, 1.165) is 18.7 Å². The molecule has 0 saturated carbocycles. The highest BCUT2D eigenvalue weighted by molar-refractivity contribution is 7.98. The minimum Gasteiger partial charge on any atom is -0.366 e. The maximum absolute atomic E-state index is 12.1. The van der Waals surface area contributed by atoms with Crippen LogP contribution in [0.1, 0.15) is 13.3 Å². The van der Waals surface area contributed by atoms with Gasteiger partial charge in [-0.1, -0.05) is 0 Å². The first kappa shape index (κ1) is 13.8. The molecule has 1 rings (SSSR count). The van der Waals surface area contributed by atoms with Crippen molar-refractivity contribution in [2.24, 2.45) is 0 Å². The van der Waals surface area contributed by atoms with E-state index in [2.05, 4.69) is 18.5 Å². The number of thioether (sulfide) groups is 1. The molecule has 2 unspecified atom stereocenters. The van der Waals surface area contributed by atoms with E-state index in [1.807, 2.05) is 23.7 Å². The zero-order valence-electron chi connectivity index (χ0n) is 10.4. The van der Waals surface area contributed by atoms with Crippen molar-refractivity contribution in [3.8, 4) is 0 Å². The fourth-order valence-corrected chi connectivity index (χ4v) is 2.23. The van der Waals surface area contributed by atoms with Crippen LogP contribution in [-0.4, -0.2) is 61.7 Å². The number of amides is 1. The molecule has 1 amide bonds. The number of hydrogen-bond acceptors (Lipinski definition) is 4. The molecule has 94 valence electrons. The number of carbonyl (C=O) groups excluding carboxylic acids is 1. The van der Waals surface area contributed by atoms with Crippen LogP contribution in [0.5, 0.6) is 0 Å². The van der Waals surface area contributed by atoms with Crippen molar-refractivity contribution in [2.45, 2.75) is 25.5 Å². The van der Waals surface area contributed by atoms with Gasteiger partial charge in [0.05, 0.1) is 6.61 Å². The summed E-state index contributed by atoms with van der Waals surface area (Å²) in [6.07, 6.45) is 2.82. The first-order valence-electron chi connectivity index (χ1n) is 5.74. The Hall–Kier alpha value is -0.260. The molecule has 2 atom stereocenters. The summed E-state index contributed by atoms with van der Waals surface area (Å²) in [5.41, 5.74) is 0. The van der Waals surface area contributed by atoms with Gasteiger partial charge in [-0.05, 0) is 25.4 Å². The maximum Gasteiger partial charge on any atom is 0.253 e. The molecule has 0 aromatic carbocycles. The van der Waals surface area contributed by atoms with Gasteiger partial charge in [0.1, 0.15) is 6.10 Å². The van der Waals surface area contributed by atoms with Gasteiger partial charge in [-0.2, -0.15) is 11.8 Å². The van der Waals surface area contributed by atoms with Gasteiger partial charge in [0.25, 0.3) is 5.91 Å². The van der Waals surface area contributed by atoms with E-state index >= 15 is 0 Å². The number of carbonyl (C=O) groups is 1. The molecular formula is C11H22N2O2S. The van der Waals surface area contributed by atoms with Gasteiger partial charge >= 0.3 is 0 Å². The molecule has 1 saturated heterocycles. The lowest BCUT2D eigenvalue weighted by Gasteiger charge is -2.31. The molecule has 0 aromatic heterocycles. The Kier molecular flexibility index (Phi) is 6.16. The van der Waals surface area contributed by atoms with Crippen molar-refractivity contribution in [3.63, 3.8) is 0 Å². The lowest BCUT2D eigenvalue weighted by Crippen LogP contribution is -2.50. The average molecular weight is 246 g/mol. The molecule has 4 nitrogen and oxygen atoms in total. The summed E-state index contributed by atoms with van der Waals surface area (Å²) in [5.74, 6) is 1.18. The Labute approximate surface area is 102 Å². The highest BCUT2D eigenvalue weighted by Gasteiger charge is 2.26. The zero-order valence-corrected chi connectivity index (χ0v) is 11.2. The Morgan fingerprint density at radius 3 is 3.00 bits per heavy atom. The molecule has 0 spiro atoms. The third-order valence-electron chi connectivity index (χ3n) is 2.95. The summed E-state index contributed by atoms with van der Waals surface area (Å²) in [7, 11) is 1.87. The van der Waals surface area contributed by atoms with Gasteiger partial charge in [0, 0.05) is 26.2 Å². The Bertz CT molecular complexity index is 220. The summed E-state index contributed by atoms with van der Waals surface area (Å²) in [6.45, 7) is 4.20. The topological polar surface area (TPSA) is 41.6 Å². The fourth-order valence-electron chi connectivity index (χ4n) is 1.65. The molecule has 0 radical (unpaired) electrons. The fraction of sp³-hybridized carbons (Fsp3) is 0.909. The minimum absolute atomic E-state index is 0.0980. The average Bonchev–Trinajstić information content (AvgIpc) is 2.35. The summed E-state index contributed by atoms with van der Waals surface area (Å²) in [4.78, 5) is 13.9. The first-order chi connectivity index (χ1) is 7.66. The van der Waals surface area contributed by atoms with E-state index in [9.17, 15) is 4.79 Å². The van der Waals surface area contributed by atoms with Gasteiger partial charge < -0.3 is 15.0 Å². The molecule has 1 heterocycles. The predicted molar refractivity (Wildman–Crippen MR) is 67.8 cm³/mol. The first-order valence-corrected chi connectivity index (χ1v) is 7.14. The molecule has 0 bridgehead atoms. The number of rotatable bonds is 5. The monoisotopic (exact) mass is 246 g/mol. The normalized spacial score (nSPS) is 22.8. The molecular weight excluding hydrogens is 224 g/mol. The quantitative estimate of drug-likeness (QED) is 0.770. The van der Waals surface area contributed by atoms with Crippen LogP contribution < -0.4 is 5.32 Å². The number of nitrogens with one attached hydrogen (secondary N) is 1. The number of hydrogen-bond donors (Lipinski definition) is 1. The van der Waals surface area contributed by atoms with Crippen LogP contribution in [0.25, 0.3) is 0 Å². The van der Waals surface area contributed by atoms with E-state index in [1.54, 1.807) is 0 Å². The lowest BCUT2D eigenvalue weighted by molar-refractivity contribution is -0.145. The highest BCUT2D eigenvalue weighted by atomic mass is 32.2. The molecule has 0 aliphatic carbocycles. The van der Waals surface area contributed by atoms with E-state index in [-0.39, 0.29) is 18.1 Å². The lowest BCUT2D eigenvalue weighted by atomic mass is 10.2. The molecule has 5 heteroatoms. The third-order valence-corrected chi connectivity index (χ3v) is 3.60. The van der Waals surface area contributed by atoms with Crippen LogP contribution >= 0.6 is 11.8 Å². The molecule has 1 N–H and O–H groups in total. The van der Waals surface area contributed by atoms with E-state index in [4.69, 9.17) is 4.74 Å². The second-order valence-electron chi connectivity index (χ2n) is 4.14. The van der Waals surface area contributed by atoms with Gasteiger partial charge in [0.2, 0.25) is 0 Å². The van der Waals surface area contributed by atoms with Crippen molar-refractivity contribution in [2.75, 3.05) is 38.8 Å². The smallest absolute Gasteiger partial charge is 0.253 e. The van der Waals surface area contributed by atoms with Crippen LogP contribution in [0, 0.1) is 0 Å². The van der Waals surface area contributed by atoms with E-state index in [0.29, 0.717) is 13.2 Å². The summed E-state index contributed by atoms with van der Waals surface area (Å²) in [5, 5.41) is 3.18. The summed E-state index contributed by atoms with van der Waals surface area (Å²) < 4.78 is 5.46. The number of morpholine rings is 1. The van der Waals surface area contributed by atoms with Crippen LogP contribution in [0.4, 0.5) is 0 Å². The van der Waals surface area contributed by atoms with Crippen LogP contribution in [0.3, 0.4) is 0 Å². The molecule has 1 aliphatic rings. The number of nitrogens with zero attached hydrogens (tertiary/aromatic N) is 1. The molecule has 0 aromatic rings. The predicted octanol–water partition coefficient (Wildman–Crippen LogP) is 0.575. The van der Waals surface area contributed by atoms with Crippen molar-refractivity contribution in [1.82, 2.24) is 10.2 Å². The Morgan fingerprint density at radius 1 is 1.69 bits per heavy atom. The Balaban J connectivity index is 2.38. The van der Waals surface area contributed by atoms with E-state index in [1.165, 1.54) is 0 Å². The summed E-state index contributed by atoms with van der Waals surface area (Å²) in [6, 6.07) is 0.283. The summed E-state index contributed by atoms with van der Waals surface area (Å²) >= 11 is 1.81. The van der Waals surface area contributed by atoms with Gasteiger partial charge in [-0.3, -0.25) is 4.79 Å². The second kappa shape index (κ2) is 7.14. The van der Waals surface area contributed by atoms with Crippen molar-refractivity contribution >= 4 is 17.7 Å². The molecule has 1 aliphatic heterocycles. The van der Waals surface area contributed by atoms with Gasteiger partial charge in [-0.15, -0.1) is 0 Å². The van der Waals surface area contributed by atoms with Crippen LogP contribution in [-0.2, 0) is 9.53 Å². The molecule has 16 heavy (non-hydrogen) atoms. The zero-order chi connectivity index (χ0) is 12.0. The van der Waals surface area contributed by atoms with Gasteiger partial charge in [0.15, 0.2) is 0 Å². The Morgan fingerprint density at radius 2 is 2.44 bits per heavy atom. The standard InChI is InChI=1S/C11H22N2O2S/c1-9(4-7-16-3)13(2)11(14)10-8-12-5-6-15-10/h9-10,12H,4-8H2,1-3H3. The van der Waals surface area contributed by atoms with Gasteiger partial charge in [-0.25, -0.2) is 0 Å². The highest BCUT2D eigenvalue weighted by Crippen LogP contribution is 2.09. The van der Waals surface area contributed by atoms with Crippen molar-refractivity contribution < 1.29 is 9.53 Å². The largest absolute Gasteiger partial charge is 0.366 e. The molecule has 1 fully saturated rings.